The van der Waals surface area contributed by atoms with E-state index < -0.39 is 0 Å². The number of hydrogen-bond acceptors (Lipinski definition) is 1. The second kappa shape index (κ2) is 6.56. The highest BCUT2D eigenvalue weighted by Gasteiger charge is 2.15. The lowest BCUT2D eigenvalue weighted by atomic mass is 10.1. The van der Waals surface area contributed by atoms with E-state index >= 15 is 0 Å². The lowest BCUT2D eigenvalue weighted by molar-refractivity contribution is -0.694. The van der Waals surface area contributed by atoms with Crippen LogP contribution < -0.4 is 4.57 Å². The van der Waals surface area contributed by atoms with Gasteiger partial charge in [0.15, 0.2) is 18.4 Å². The van der Waals surface area contributed by atoms with Gasteiger partial charge in [-0.2, -0.15) is 4.57 Å². The van der Waals surface area contributed by atoms with Gasteiger partial charge in [-0.05, 0) is 45.4 Å². The van der Waals surface area contributed by atoms with Crippen LogP contribution in [-0.4, -0.2) is 4.98 Å². The molecule has 2 aromatic heterocycles. The Morgan fingerprint density at radius 3 is 2.21 bits per heavy atom. The van der Waals surface area contributed by atoms with Gasteiger partial charge >= 0.3 is 0 Å². The lowest BCUT2D eigenvalue weighted by Gasteiger charge is -2.09. The van der Waals surface area contributed by atoms with Crippen LogP contribution in [0.3, 0.4) is 0 Å². The molecule has 0 saturated heterocycles. The molecule has 2 nitrogen and oxygen atoms in total. The van der Waals surface area contributed by atoms with Gasteiger partial charge < -0.3 is 0 Å². The van der Waals surface area contributed by atoms with Gasteiger partial charge in [-0.1, -0.05) is 35.9 Å². The topological polar surface area (TPSA) is 16.8 Å². The molecular formula is C22H25N2+. The van der Waals surface area contributed by atoms with E-state index in [9.17, 15) is 0 Å². The Morgan fingerprint density at radius 1 is 0.833 bits per heavy atom. The summed E-state index contributed by atoms with van der Waals surface area (Å²) in [6.07, 6.45) is 2.22. The molecule has 0 N–H and O–H groups in total. The molecule has 24 heavy (non-hydrogen) atoms. The zero-order chi connectivity index (χ0) is 17.3. The number of hydrogen-bond donors (Lipinski definition) is 0. The largest absolute Gasteiger partial charge is 0.253 e. The third kappa shape index (κ3) is 3.38. The zero-order valence-electron chi connectivity index (χ0n) is 15.2. The Bertz CT molecular complexity index is 877. The van der Waals surface area contributed by atoms with E-state index in [0.717, 1.165) is 17.9 Å². The van der Waals surface area contributed by atoms with Gasteiger partial charge in [-0.25, -0.2) is 0 Å². The van der Waals surface area contributed by atoms with Crippen molar-refractivity contribution in [2.24, 2.45) is 0 Å². The molecule has 0 aliphatic rings. The van der Waals surface area contributed by atoms with E-state index in [1.807, 2.05) is 0 Å². The summed E-state index contributed by atoms with van der Waals surface area (Å²) < 4.78 is 2.33. The van der Waals surface area contributed by atoms with E-state index in [-0.39, 0.29) is 0 Å². The Kier molecular flexibility index (Phi) is 4.48. The van der Waals surface area contributed by atoms with E-state index in [4.69, 9.17) is 4.98 Å². The summed E-state index contributed by atoms with van der Waals surface area (Å²) in [5, 5.41) is 0. The average molecular weight is 317 g/mol. The number of pyridine rings is 2. The van der Waals surface area contributed by atoms with Gasteiger partial charge in [0, 0.05) is 23.7 Å². The summed E-state index contributed by atoms with van der Waals surface area (Å²) >= 11 is 0. The molecular weight excluding hydrogens is 292 g/mol. The number of aryl methyl sites for hydroxylation is 4. The molecule has 2 heterocycles. The van der Waals surface area contributed by atoms with Crippen molar-refractivity contribution in [1.29, 1.82) is 0 Å². The second-order valence-corrected chi connectivity index (χ2v) is 6.71. The first kappa shape index (κ1) is 16.4. The first-order valence-electron chi connectivity index (χ1n) is 8.45. The van der Waals surface area contributed by atoms with Crippen molar-refractivity contribution in [3.63, 3.8) is 0 Å². The highest BCUT2D eigenvalue weighted by atomic mass is 15.0. The maximum absolute atomic E-state index is 4.76. The summed E-state index contributed by atoms with van der Waals surface area (Å²) in [7, 11) is 0. The van der Waals surface area contributed by atoms with Crippen LogP contribution in [-0.2, 0) is 6.54 Å². The molecule has 0 atom stereocenters. The molecule has 0 bridgehead atoms. The van der Waals surface area contributed by atoms with Crippen LogP contribution in [0.25, 0.3) is 11.3 Å². The SMILES string of the molecule is Cc1ccc(C[n+]2cc(-c3ccc(C)c(C)n3)cc(C)c2C)cc1. The molecule has 1 aromatic carbocycles. The van der Waals surface area contributed by atoms with Crippen molar-refractivity contribution in [3.8, 4) is 11.3 Å². The van der Waals surface area contributed by atoms with E-state index in [1.165, 1.54) is 33.5 Å². The van der Waals surface area contributed by atoms with E-state index in [2.05, 4.69) is 87.8 Å². The predicted octanol–water partition coefficient (Wildman–Crippen LogP) is 4.63. The standard InChI is InChI=1S/C22H25N2/c1-15-6-9-20(10-7-15)13-24-14-21(12-17(3)19(24)5)22-11-8-16(2)18(4)23-22/h6-12,14H,13H2,1-5H3/q+1. The molecule has 0 spiro atoms. The first-order chi connectivity index (χ1) is 11.4. The van der Waals surface area contributed by atoms with Crippen LogP contribution in [0.1, 0.15) is 33.6 Å². The van der Waals surface area contributed by atoms with Gasteiger partial charge in [-0.15, -0.1) is 0 Å². The molecule has 0 aliphatic heterocycles. The highest BCUT2D eigenvalue weighted by Crippen LogP contribution is 2.20. The lowest BCUT2D eigenvalue weighted by Crippen LogP contribution is -2.38. The summed E-state index contributed by atoms with van der Waals surface area (Å²) in [5.41, 5.74) is 9.74. The van der Waals surface area contributed by atoms with E-state index in [1.54, 1.807) is 0 Å². The maximum atomic E-state index is 4.76. The van der Waals surface area contributed by atoms with Crippen molar-refractivity contribution in [2.75, 3.05) is 0 Å². The Labute approximate surface area is 144 Å². The summed E-state index contributed by atoms with van der Waals surface area (Å²) in [4.78, 5) is 4.76. The normalized spacial score (nSPS) is 10.9. The minimum Gasteiger partial charge on any atom is -0.253 e. The molecule has 0 unspecified atom stereocenters. The van der Waals surface area contributed by atoms with Crippen molar-refractivity contribution >= 4 is 0 Å². The van der Waals surface area contributed by atoms with Gasteiger partial charge in [0.2, 0.25) is 0 Å². The number of aromatic nitrogens is 2. The smallest absolute Gasteiger partial charge is 0.181 e. The van der Waals surface area contributed by atoms with Crippen LogP contribution in [0.2, 0.25) is 0 Å². The number of nitrogens with zero attached hydrogens (tertiary/aromatic N) is 2. The third-order valence-electron chi connectivity index (χ3n) is 4.79. The molecule has 0 radical (unpaired) electrons. The Hall–Kier alpha value is -2.48. The summed E-state index contributed by atoms with van der Waals surface area (Å²) in [5.74, 6) is 0. The molecule has 3 rings (SSSR count). The fourth-order valence-electron chi connectivity index (χ4n) is 2.85. The summed E-state index contributed by atoms with van der Waals surface area (Å²) in [6.45, 7) is 11.5. The van der Waals surface area contributed by atoms with Gasteiger partial charge in [0.05, 0.1) is 11.3 Å². The maximum Gasteiger partial charge on any atom is 0.181 e. The first-order valence-corrected chi connectivity index (χ1v) is 8.45. The van der Waals surface area contributed by atoms with Crippen LogP contribution in [0.4, 0.5) is 0 Å². The Morgan fingerprint density at radius 2 is 1.54 bits per heavy atom. The number of rotatable bonds is 3. The van der Waals surface area contributed by atoms with Gasteiger partial charge in [0.25, 0.3) is 0 Å². The fraction of sp³-hybridized carbons (Fsp3) is 0.273. The fourth-order valence-corrected chi connectivity index (χ4v) is 2.85. The molecule has 0 saturated carbocycles. The summed E-state index contributed by atoms with van der Waals surface area (Å²) in [6, 6.07) is 15.3. The Balaban J connectivity index is 2.02. The molecule has 0 amide bonds. The number of benzene rings is 1. The monoisotopic (exact) mass is 317 g/mol. The molecule has 2 heteroatoms. The van der Waals surface area contributed by atoms with Gasteiger partial charge in [-0.3, -0.25) is 4.98 Å². The van der Waals surface area contributed by atoms with Crippen LogP contribution in [0, 0.1) is 34.6 Å². The van der Waals surface area contributed by atoms with Crippen LogP contribution in [0.5, 0.6) is 0 Å². The van der Waals surface area contributed by atoms with Gasteiger partial charge in [0.1, 0.15) is 0 Å². The zero-order valence-corrected chi connectivity index (χ0v) is 15.2. The van der Waals surface area contributed by atoms with Crippen molar-refractivity contribution < 1.29 is 4.57 Å². The predicted molar refractivity (Wildman–Crippen MR) is 99.1 cm³/mol. The van der Waals surface area contributed by atoms with Crippen molar-refractivity contribution in [2.45, 2.75) is 41.2 Å². The minimum atomic E-state index is 0.881. The molecule has 0 fully saturated rings. The molecule has 3 aromatic rings. The highest BCUT2D eigenvalue weighted by molar-refractivity contribution is 5.58. The quantitative estimate of drug-likeness (QED) is 0.644. The molecule has 122 valence electrons. The second-order valence-electron chi connectivity index (χ2n) is 6.71. The van der Waals surface area contributed by atoms with Crippen LogP contribution in [0.15, 0.2) is 48.7 Å². The van der Waals surface area contributed by atoms with E-state index in [0.29, 0.717) is 0 Å². The average Bonchev–Trinajstić information content (AvgIpc) is 2.56. The van der Waals surface area contributed by atoms with Crippen LogP contribution >= 0.6 is 0 Å². The third-order valence-corrected chi connectivity index (χ3v) is 4.79. The minimum absolute atomic E-state index is 0.881. The van der Waals surface area contributed by atoms with Crippen molar-refractivity contribution in [1.82, 2.24) is 4.98 Å². The van der Waals surface area contributed by atoms with Crippen molar-refractivity contribution in [3.05, 3.63) is 82.3 Å². The molecule has 0 aliphatic carbocycles.